The molecule has 0 spiro atoms. The Bertz CT molecular complexity index is 1270. The average molecular weight is 566 g/mol. The van der Waals surface area contributed by atoms with Crippen LogP contribution in [-0.4, -0.2) is 61.4 Å². The van der Waals surface area contributed by atoms with Gasteiger partial charge < -0.3 is 25.5 Å². The molecule has 0 saturated carbocycles. The second kappa shape index (κ2) is 14.5. The molecule has 1 atom stereocenters. The van der Waals surface area contributed by atoms with Gasteiger partial charge in [-0.2, -0.15) is 0 Å². The number of anilines is 1. The number of hydrogen-bond acceptors (Lipinski definition) is 7. The molecule has 1 saturated heterocycles. The summed E-state index contributed by atoms with van der Waals surface area (Å²) in [6.45, 7) is 8.14. The van der Waals surface area contributed by atoms with E-state index < -0.39 is 5.67 Å². The number of hydrogen-bond donors (Lipinski definition) is 3. The third-order valence-electron chi connectivity index (χ3n) is 7.94. The number of piperidine rings is 1. The van der Waals surface area contributed by atoms with Gasteiger partial charge in [0.15, 0.2) is 0 Å². The lowest BCUT2D eigenvalue weighted by Crippen LogP contribution is -2.43. The summed E-state index contributed by atoms with van der Waals surface area (Å²) in [6, 6.07) is 15.5. The zero-order chi connectivity index (χ0) is 30.2. The summed E-state index contributed by atoms with van der Waals surface area (Å²) < 4.78 is 21.1. The van der Waals surface area contributed by atoms with Crippen LogP contribution in [0.2, 0.25) is 0 Å². The van der Waals surface area contributed by atoms with E-state index in [9.17, 15) is 4.79 Å². The average Bonchev–Trinajstić information content (AvgIpc) is 3.00. The number of nitrogens with two attached hydrogens (primary N) is 2. The third-order valence-corrected chi connectivity index (χ3v) is 7.94. The Hall–Kier alpha value is -3.37. The maximum Gasteiger partial charge on any atom is 0.254 e. The molecule has 1 aromatic heterocycles. The molecule has 9 heteroatoms. The van der Waals surface area contributed by atoms with E-state index in [1.54, 1.807) is 12.0 Å². The predicted octanol–water partition coefficient (Wildman–Crippen LogP) is 5.16. The van der Waals surface area contributed by atoms with Crippen molar-refractivity contribution in [3.8, 4) is 11.1 Å². The number of carbonyl (C=O) groups is 1. The Kier molecular flexibility index (Phi) is 11.4. The van der Waals surface area contributed by atoms with E-state index in [2.05, 4.69) is 29.9 Å². The molecule has 8 nitrogen and oxygen atoms in total. The highest BCUT2D eigenvalue weighted by Crippen LogP contribution is 2.38. The highest BCUT2D eigenvalue weighted by atomic mass is 19.1. The highest BCUT2D eigenvalue weighted by molar-refractivity contribution is 5.97. The van der Waals surface area contributed by atoms with Crippen molar-refractivity contribution in [1.29, 1.82) is 0 Å². The van der Waals surface area contributed by atoms with E-state index in [4.69, 9.17) is 15.7 Å². The van der Waals surface area contributed by atoms with Gasteiger partial charge in [-0.15, -0.1) is 0 Å². The molecule has 1 aliphatic rings. The predicted molar refractivity (Wildman–Crippen MR) is 162 cm³/mol. The summed E-state index contributed by atoms with van der Waals surface area (Å²) in [4.78, 5) is 22.2. The molecule has 1 fully saturated rings. The summed E-state index contributed by atoms with van der Waals surface area (Å²) in [5.41, 5.74) is 10.9. The quantitative estimate of drug-likeness (QED) is 0.307. The molecule has 0 aliphatic carbocycles. The van der Waals surface area contributed by atoms with Crippen LogP contribution in [0.3, 0.4) is 0 Å². The Morgan fingerprint density at radius 3 is 2.37 bits per heavy atom. The number of nitrogens with zero attached hydrogens (tertiary/aromatic N) is 3. The fourth-order valence-electron chi connectivity index (χ4n) is 5.28. The molecular weight excluding hydrogens is 521 g/mol. The molecule has 5 N–H and O–H groups in total. The number of aromatic nitrogens is 1. The van der Waals surface area contributed by atoms with Gasteiger partial charge in [0.05, 0.1) is 6.61 Å². The first-order valence-corrected chi connectivity index (χ1v) is 14.1. The van der Waals surface area contributed by atoms with Gasteiger partial charge in [-0.25, -0.2) is 15.3 Å². The van der Waals surface area contributed by atoms with Crippen LogP contribution < -0.4 is 16.5 Å². The molecule has 1 amide bonds. The molecular formula is C32H44FN5O3. The van der Waals surface area contributed by atoms with E-state index in [0.29, 0.717) is 30.8 Å². The van der Waals surface area contributed by atoms with Crippen molar-refractivity contribution >= 4 is 11.7 Å². The Morgan fingerprint density at radius 2 is 1.83 bits per heavy atom. The second-order valence-corrected chi connectivity index (χ2v) is 10.7. The molecule has 2 heterocycles. The number of likely N-dealkylation sites (N-methyl/N-ethyl adjacent to an activating group) is 1. The van der Waals surface area contributed by atoms with Gasteiger partial charge >= 0.3 is 0 Å². The summed E-state index contributed by atoms with van der Waals surface area (Å²) in [5, 5.41) is 6.50. The maximum absolute atomic E-state index is 15.9. The summed E-state index contributed by atoms with van der Waals surface area (Å²) in [5.74, 6) is 4.32. The number of carbonyl (C=O) groups excluding carboxylic acids is 1. The Balaban J connectivity index is 0.00000226. The van der Waals surface area contributed by atoms with Crippen molar-refractivity contribution in [2.45, 2.75) is 51.7 Å². The van der Waals surface area contributed by atoms with Crippen LogP contribution >= 0.6 is 0 Å². The monoisotopic (exact) mass is 565 g/mol. The lowest BCUT2D eigenvalue weighted by Gasteiger charge is -2.37. The first-order chi connectivity index (χ1) is 19.7. The topological polar surface area (TPSA) is 118 Å². The first kappa shape index (κ1) is 32.1. The van der Waals surface area contributed by atoms with E-state index in [0.717, 1.165) is 41.0 Å². The van der Waals surface area contributed by atoms with Gasteiger partial charge in [0, 0.05) is 70.0 Å². The van der Waals surface area contributed by atoms with E-state index in [1.807, 2.05) is 68.4 Å². The van der Waals surface area contributed by atoms with E-state index >= 15 is 4.39 Å². The number of rotatable bonds is 9. The molecule has 0 radical (unpaired) electrons. The van der Waals surface area contributed by atoms with Crippen LogP contribution in [0.4, 0.5) is 10.2 Å². The standard InChI is InChI=1S/C32H41FN4O2.H3NO/c1-6-24-19-22(2)28(20-29(24)26-9-12-30(35-21-26)36(4)17-18-39-5)31(38)37-15-13-32(33,14-16-37)27-10-7-25(8-11-27)23(3)34;1-2/h7-12,19-21,23H,6,13-18,34H2,1-5H3;2H,1H2. The lowest BCUT2D eigenvalue weighted by atomic mass is 9.85. The Labute approximate surface area is 243 Å². The number of benzene rings is 2. The number of pyridine rings is 1. The first-order valence-electron chi connectivity index (χ1n) is 14.1. The van der Waals surface area contributed by atoms with Crippen molar-refractivity contribution < 1.29 is 19.1 Å². The maximum atomic E-state index is 15.9. The zero-order valence-corrected chi connectivity index (χ0v) is 24.9. The smallest absolute Gasteiger partial charge is 0.254 e. The Morgan fingerprint density at radius 1 is 1.17 bits per heavy atom. The number of alkyl halides is 1. The highest BCUT2D eigenvalue weighted by Gasteiger charge is 2.38. The van der Waals surface area contributed by atoms with Crippen LogP contribution in [0.5, 0.6) is 0 Å². The number of halogens is 1. The van der Waals surface area contributed by atoms with Crippen molar-refractivity contribution in [2.24, 2.45) is 11.6 Å². The molecule has 222 valence electrons. The molecule has 2 aromatic carbocycles. The van der Waals surface area contributed by atoms with Gasteiger partial charge in [-0.3, -0.25) is 4.79 Å². The summed E-state index contributed by atoms with van der Waals surface area (Å²) >= 11 is 0. The lowest BCUT2D eigenvalue weighted by molar-refractivity contribution is 0.0421. The van der Waals surface area contributed by atoms with Crippen LogP contribution in [0.25, 0.3) is 11.1 Å². The molecule has 3 aromatic rings. The van der Waals surface area contributed by atoms with Gasteiger partial charge in [0.1, 0.15) is 11.5 Å². The molecule has 1 unspecified atom stereocenters. The van der Waals surface area contributed by atoms with Crippen molar-refractivity contribution in [2.75, 3.05) is 45.3 Å². The normalized spacial score (nSPS) is 15.1. The van der Waals surface area contributed by atoms with Crippen molar-refractivity contribution in [3.63, 3.8) is 0 Å². The van der Waals surface area contributed by atoms with Crippen LogP contribution in [0.15, 0.2) is 54.7 Å². The summed E-state index contributed by atoms with van der Waals surface area (Å²) in [7, 11) is 3.67. The zero-order valence-electron chi connectivity index (χ0n) is 24.9. The van der Waals surface area contributed by atoms with Crippen LogP contribution in [0, 0.1) is 6.92 Å². The number of amides is 1. The fraction of sp³-hybridized carbons (Fsp3) is 0.438. The molecule has 41 heavy (non-hydrogen) atoms. The molecule has 4 rings (SSSR count). The van der Waals surface area contributed by atoms with E-state index in [-0.39, 0.29) is 24.8 Å². The van der Waals surface area contributed by atoms with Crippen molar-refractivity contribution in [3.05, 3.63) is 82.5 Å². The summed E-state index contributed by atoms with van der Waals surface area (Å²) in [6.07, 6.45) is 3.26. The molecule has 0 bridgehead atoms. The minimum absolute atomic E-state index is 0.0466. The van der Waals surface area contributed by atoms with Crippen molar-refractivity contribution in [1.82, 2.24) is 9.88 Å². The minimum atomic E-state index is -1.44. The number of ether oxygens (including phenoxy) is 1. The van der Waals surface area contributed by atoms with Gasteiger partial charge in [-0.1, -0.05) is 37.3 Å². The number of likely N-dealkylation sites (tertiary alicyclic amines) is 1. The second-order valence-electron chi connectivity index (χ2n) is 10.7. The third kappa shape index (κ3) is 7.48. The SMILES string of the molecule is CCc1cc(C)c(C(=O)N2CCC(F)(c3ccc(C(C)N)cc3)CC2)cc1-c1ccc(N(C)CCOC)nc1.NO. The van der Waals surface area contributed by atoms with Crippen LogP contribution in [0.1, 0.15) is 65.3 Å². The van der Waals surface area contributed by atoms with Gasteiger partial charge in [-0.05, 0) is 66.3 Å². The fourth-order valence-corrected chi connectivity index (χ4v) is 5.28. The number of aryl methyl sites for hydroxylation is 2. The largest absolute Gasteiger partial charge is 0.383 e. The van der Waals surface area contributed by atoms with Gasteiger partial charge in [0.25, 0.3) is 5.91 Å². The molecule has 1 aliphatic heterocycles. The number of methoxy groups -OCH3 is 1. The van der Waals surface area contributed by atoms with Gasteiger partial charge in [0.2, 0.25) is 0 Å². The van der Waals surface area contributed by atoms with Crippen LogP contribution in [-0.2, 0) is 16.8 Å². The minimum Gasteiger partial charge on any atom is -0.383 e. The van der Waals surface area contributed by atoms with E-state index in [1.165, 1.54) is 5.56 Å².